The molecule has 0 saturated carbocycles. The fraction of sp³-hybridized carbons (Fsp3) is 0. The number of pyridine rings is 1. The monoisotopic (exact) mass is 313 g/mol. The van der Waals surface area contributed by atoms with Gasteiger partial charge in [0.2, 0.25) is 9.84 Å². The molecule has 0 amide bonds. The number of halogens is 1. The van der Waals surface area contributed by atoms with Crippen LogP contribution in [-0.2, 0) is 9.84 Å². The summed E-state index contributed by atoms with van der Waals surface area (Å²) in [5, 5.41) is -0.0273. The minimum Gasteiger partial charge on any atom is -0.236 e. The first kappa shape index (κ1) is 14.4. The number of hydrogen-bond donors (Lipinski definition) is 0. The SMILES string of the molecule is O=S(=O)(c1ccccc1)c1cccc(-c2ccc(F)cc2)n1. The maximum atomic E-state index is 13.0. The van der Waals surface area contributed by atoms with Gasteiger partial charge in [-0.1, -0.05) is 24.3 Å². The van der Waals surface area contributed by atoms with Crippen LogP contribution in [0.1, 0.15) is 0 Å². The Kier molecular flexibility index (Phi) is 3.73. The second-order valence-corrected chi connectivity index (χ2v) is 6.58. The van der Waals surface area contributed by atoms with Gasteiger partial charge in [0.05, 0.1) is 10.6 Å². The highest BCUT2D eigenvalue weighted by atomic mass is 32.2. The van der Waals surface area contributed by atoms with Crippen molar-refractivity contribution in [3.63, 3.8) is 0 Å². The fourth-order valence-electron chi connectivity index (χ4n) is 2.07. The molecule has 110 valence electrons. The molecule has 3 rings (SSSR count). The molecule has 0 bridgehead atoms. The first-order valence-corrected chi connectivity index (χ1v) is 8.09. The standard InChI is InChI=1S/C17H12FNO2S/c18-14-11-9-13(10-12-14)16-7-4-8-17(19-16)22(20,21)15-5-2-1-3-6-15/h1-12H. The zero-order valence-electron chi connectivity index (χ0n) is 11.5. The summed E-state index contributed by atoms with van der Waals surface area (Å²) in [6, 6.07) is 18.7. The third kappa shape index (κ3) is 2.76. The lowest BCUT2D eigenvalue weighted by Gasteiger charge is -2.06. The van der Waals surface area contributed by atoms with Crippen LogP contribution in [0.3, 0.4) is 0 Å². The Balaban J connectivity index is 2.07. The molecule has 0 saturated heterocycles. The van der Waals surface area contributed by atoms with E-state index in [-0.39, 0.29) is 15.7 Å². The Morgan fingerprint density at radius 1 is 0.773 bits per heavy atom. The summed E-state index contributed by atoms with van der Waals surface area (Å²) in [6.45, 7) is 0. The van der Waals surface area contributed by atoms with Crippen molar-refractivity contribution in [2.45, 2.75) is 9.92 Å². The van der Waals surface area contributed by atoms with Gasteiger partial charge < -0.3 is 0 Å². The molecule has 3 nitrogen and oxygen atoms in total. The van der Waals surface area contributed by atoms with Crippen LogP contribution >= 0.6 is 0 Å². The van der Waals surface area contributed by atoms with Crippen LogP contribution in [0.25, 0.3) is 11.3 Å². The van der Waals surface area contributed by atoms with Gasteiger partial charge >= 0.3 is 0 Å². The maximum absolute atomic E-state index is 13.0. The number of rotatable bonds is 3. The highest BCUT2D eigenvalue weighted by Crippen LogP contribution is 2.23. The minimum atomic E-state index is -3.66. The average molecular weight is 313 g/mol. The summed E-state index contributed by atoms with van der Waals surface area (Å²) in [7, 11) is -3.66. The van der Waals surface area contributed by atoms with Crippen LogP contribution in [0.2, 0.25) is 0 Å². The molecule has 0 unspecified atom stereocenters. The normalized spacial score (nSPS) is 11.3. The summed E-state index contributed by atoms with van der Waals surface area (Å²) < 4.78 is 38.1. The summed E-state index contributed by atoms with van der Waals surface area (Å²) in [5.41, 5.74) is 1.14. The summed E-state index contributed by atoms with van der Waals surface area (Å²) in [4.78, 5) is 4.40. The molecule has 0 N–H and O–H groups in total. The van der Waals surface area contributed by atoms with Gasteiger partial charge in [-0.2, -0.15) is 0 Å². The Hall–Kier alpha value is -2.53. The van der Waals surface area contributed by atoms with Gasteiger partial charge in [0.15, 0.2) is 5.03 Å². The summed E-state index contributed by atoms with van der Waals surface area (Å²) in [5.74, 6) is -0.350. The quantitative estimate of drug-likeness (QED) is 0.740. The predicted molar refractivity (Wildman–Crippen MR) is 81.5 cm³/mol. The molecular weight excluding hydrogens is 301 g/mol. The van der Waals surface area contributed by atoms with E-state index in [1.807, 2.05) is 0 Å². The number of nitrogens with zero attached hydrogens (tertiary/aromatic N) is 1. The van der Waals surface area contributed by atoms with Crippen molar-refractivity contribution in [1.29, 1.82) is 0 Å². The van der Waals surface area contributed by atoms with Crippen molar-refractivity contribution < 1.29 is 12.8 Å². The van der Waals surface area contributed by atoms with E-state index in [1.54, 1.807) is 42.5 Å². The number of hydrogen-bond acceptors (Lipinski definition) is 3. The Morgan fingerprint density at radius 2 is 1.45 bits per heavy atom. The second-order valence-electron chi connectivity index (χ2n) is 4.68. The van der Waals surface area contributed by atoms with E-state index in [2.05, 4.69) is 4.98 Å². The second kappa shape index (κ2) is 5.69. The lowest BCUT2D eigenvalue weighted by Crippen LogP contribution is -2.04. The van der Waals surface area contributed by atoms with E-state index in [0.29, 0.717) is 11.3 Å². The fourth-order valence-corrected chi connectivity index (χ4v) is 3.30. The molecule has 2 aromatic carbocycles. The minimum absolute atomic E-state index is 0.0273. The first-order valence-electron chi connectivity index (χ1n) is 6.60. The van der Waals surface area contributed by atoms with E-state index >= 15 is 0 Å². The van der Waals surface area contributed by atoms with E-state index < -0.39 is 9.84 Å². The molecule has 1 heterocycles. The molecule has 0 aliphatic carbocycles. The van der Waals surface area contributed by atoms with Crippen LogP contribution in [0.4, 0.5) is 4.39 Å². The van der Waals surface area contributed by atoms with Crippen molar-refractivity contribution in [3.05, 3.63) is 78.6 Å². The number of sulfone groups is 1. The molecule has 1 aromatic heterocycles. The van der Waals surface area contributed by atoms with Crippen molar-refractivity contribution in [2.75, 3.05) is 0 Å². The van der Waals surface area contributed by atoms with Crippen LogP contribution in [0.15, 0.2) is 82.7 Å². The van der Waals surface area contributed by atoms with Gasteiger partial charge in [-0.3, -0.25) is 0 Å². The molecule has 0 aliphatic rings. The summed E-state index contributed by atoms with van der Waals surface area (Å²) in [6.07, 6.45) is 0. The molecule has 0 fully saturated rings. The predicted octanol–water partition coefficient (Wildman–Crippen LogP) is 3.72. The first-order chi connectivity index (χ1) is 10.6. The lowest BCUT2D eigenvalue weighted by molar-refractivity contribution is 0.592. The van der Waals surface area contributed by atoms with E-state index in [4.69, 9.17) is 0 Å². The van der Waals surface area contributed by atoms with Gasteiger partial charge in [0.1, 0.15) is 5.82 Å². The molecule has 0 atom stereocenters. The van der Waals surface area contributed by atoms with Crippen molar-refractivity contribution >= 4 is 9.84 Å². The average Bonchev–Trinajstić information content (AvgIpc) is 2.56. The molecule has 3 aromatic rings. The van der Waals surface area contributed by atoms with E-state index in [1.165, 1.54) is 30.3 Å². The van der Waals surface area contributed by atoms with Crippen molar-refractivity contribution in [2.24, 2.45) is 0 Å². The third-order valence-electron chi connectivity index (χ3n) is 3.19. The van der Waals surface area contributed by atoms with Gasteiger partial charge in [0, 0.05) is 5.56 Å². The molecule has 5 heteroatoms. The third-order valence-corrected chi connectivity index (χ3v) is 4.86. The number of benzene rings is 2. The Labute approximate surface area is 128 Å². The molecular formula is C17H12FNO2S. The highest BCUT2D eigenvalue weighted by molar-refractivity contribution is 7.91. The largest absolute Gasteiger partial charge is 0.236 e. The zero-order valence-corrected chi connectivity index (χ0v) is 12.3. The molecule has 0 aliphatic heterocycles. The van der Waals surface area contributed by atoms with E-state index in [0.717, 1.165) is 0 Å². The van der Waals surface area contributed by atoms with Crippen molar-refractivity contribution in [3.8, 4) is 11.3 Å². The van der Waals surface area contributed by atoms with Crippen LogP contribution < -0.4 is 0 Å². The topological polar surface area (TPSA) is 47.0 Å². The molecule has 0 spiro atoms. The van der Waals surface area contributed by atoms with Gasteiger partial charge in [-0.25, -0.2) is 17.8 Å². The zero-order chi connectivity index (χ0) is 15.6. The van der Waals surface area contributed by atoms with E-state index in [9.17, 15) is 12.8 Å². The molecule has 0 radical (unpaired) electrons. The Bertz CT molecular complexity index is 891. The van der Waals surface area contributed by atoms with Crippen molar-refractivity contribution in [1.82, 2.24) is 4.98 Å². The van der Waals surface area contributed by atoms with Crippen LogP contribution in [0, 0.1) is 5.82 Å². The summed E-state index contributed by atoms with van der Waals surface area (Å²) >= 11 is 0. The van der Waals surface area contributed by atoms with Gasteiger partial charge in [0.25, 0.3) is 0 Å². The van der Waals surface area contributed by atoms with Gasteiger partial charge in [-0.05, 0) is 48.5 Å². The smallest absolute Gasteiger partial charge is 0.223 e. The Morgan fingerprint density at radius 3 is 2.14 bits per heavy atom. The highest BCUT2D eigenvalue weighted by Gasteiger charge is 2.19. The maximum Gasteiger partial charge on any atom is 0.223 e. The van der Waals surface area contributed by atoms with Crippen LogP contribution in [0.5, 0.6) is 0 Å². The van der Waals surface area contributed by atoms with Crippen LogP contribution in [-0.4, -0.2) is 13.4 Å². The molecule has 22 heavy (non-hydrogen) atoms. The lowest BCUT2D eigenvalue weighted by atomic mass is 10.1. The van der Waals surface area contributed by atoms with Gasteiger partial charge in [-0.15, -0.1) is 0 Å². The number of aromatic nitrogens is 1.